The number of piperidine rings is 1. The van der Waals surface area contributed by atoms with Crippen molar-refractivity contribution in [3.63, 3.8) is 0 Å². The van der Waals surface area contributed by atoms with E-state index in [1.54, 1.807) is 11.5 Å². The van der Waals surface area contributed by atoms with E-state index in [2.05, 4.69) is 44.3 Å². The van der Waals surface area contributed by atoms with Gasteiger partial charge in [0.15, 0.2) is 0 Å². The molecule has 0 aliphatic carbocycles. The maximum atomic E-state index is 6.16. The van der Waals surface area contributed by atoms with Crippen molar-refractivity contribution in [1.82, 2.24) is 9.69 Å². The molecule has 0 radical (unpaired) electrons. The van der Waals surface area contributed by atoms with Gasteiger partial charge >= 0.3 is 0 Å². The Morgan fingerprint density at radius 2 is 2.00 bits per heavy atom. The van der Waals surface area contributed by atoms with E-state index in [-0.39, 0.29) is 5.60 Å². The van der Waals surface area contributed by atoms with Crippen LogP contribution in [-0.2, 0) is 0 Å². The summed E-state index contributed by atoms with van der Waals surface area (Å²) < 4.78 is 12.1. The fourth-order valence-electron chi connectivity index (χ4n) is 2.77. The zero-order chi connectivity index (χ0) is 14.2. The van der Waals surface area contributed by atoms with Crippen LogP contribution in [0.1, 0.15) is 45.2 Å². The van der Waals surface area contributed by atoms with E-state index >= 15 is 0 Å². The highest BCUT2D eigenvalue weighted by molar-refractivity contribution is 7.13. The Balaban J connectivity index is 2.04. The average molecular weight is 290 g/mol. The molecule has 1 saturated heterocycles. The largest absolute Gasteiger partial charge is 0.487 e. The molecule has 1 aliphatic rings. The molecule has 1 N–H and O–H groups in total. The molecular weight excluding hydrogens is 268 g/mol. The number of nitrogens with zero attached hydrogens (tertiary/aromatic N) is 1. The predicted octanol–water partition coefficient (Wildman–Crippen LogP) is 3.94. The standard InChI is InChI=1S/C16H22N2OS/c1-16(2,3)19-12-5-4-6-13-14(12)15(18-20-13)11-7-9-17-10-8-11/h4-6,11,17H,7-10H2,1-3H3. The molecule has 2 heterocycles. The summed E-state index contributed by atoms with van der Waals surface area (Å²) in [7, 11) is 0. The minimum Gasteiger partial charge on any atom is -0.487 e. The molecule has 20 heavy (non-hydrogen) atoms. The van der Waals surface area contributed by atoms with Crippen molar-refractivity contribution in [2.45, 2.75) is 45.1 Å². The number of nitrogens with one attached hydrogen (secondary N) is 1. The monoisotopic (exact) mass is 290 g/mol. The Hall–Kier alpha value is -1.13. The Morgan fingerprint density at radius 1 is 1.25 bits per heavy atom. The van der Waals surface area contributed by atoms with Gasteiger partial charge in [0.2, 0.25) is 0 Å². The highest BCUT2D eigenvalue weighted by Gasteiger charge is 2.23. The van der Waals surface area contributed by atoms with Crippen molar-refractivity contribution in [2.75, 3.05) is 13.1 Å². The van der Waals surface area contributed by atoms with Gasteiger partial charge in [-0.2, -0.15) is 4.37 Å². The number of benzene rings is 1. The summed E-state index contributed by atoms with van der Waals surface area (Å²) in [6.45, 7) is 8.46. The van der Waals surface area contributed by atoms with Gasteiger partial charge < -0.3 is 10.1 Å². The van der Waals surface area contributed by atoms with Crippen LogP contribution < -0.4 is 10.1 Å². The molecule has 1 aromatic heterocycles. The highest BCUT2D eigenvalue weighted by Crippen LogP contribution is 2.39. The normalized spacial score (nSPS) is 17.6. The molecule has 0 saturated carbocycles. The minimum atomic E-state index is -0.179. The SMILES string of the molecule is CC(C)(C)Oc1cccc2snc(C3CCNCC3)c12. The van der Waals surface area contributed by atoms with Crippen LogP contribution in [0.2, 0.25) is 0 Å². The van der Waals surface area contributed by atoms with Crippen molar-refractivity contribution >= 4 is 21.6 Å². The second-order valence-electron chi connectivity index (χ2n) is 6.44. The van der Waals surface area contributed by atoms with Gasteiger partial charge in [-0.05, 0) is 70.4 Å². The molecule has 1 aromatic carbocycles. The summed E-state index contributed by atoms with van der Waals surface area (Å²) in [5.74, 6) is 1.55. The van der Waals surface area contributed by atoms with Crippen molar-refractivity contribution in [3.05, 3.63) is 23.9 Å². The maximum absolute atomic E-state index is 6.16. The van der Waals surface area contributed by atoms with Gasteiger partial charge in [-0.25, -0.2) is 0 Å². The molecule has 1 aliphatic heterocycles. The first-order chi connectivity index (χ1) is 9.54. The summed E-state index contributed by atoms with van der Waals surface area (Å²) in [4.78, 5) is 0. The first kappa shape index (κ1) is 13.8. The number of aromatic nitrogens is 1. The second-order valence-corrected chi connectivity index (χ2v) is 7.24. The summed E-state index contributed by atoms with van der Waals surface area (Å²) >= 11 is 1.60. The lowest BCUT2D eigenvalue weighted by Gasteiger charge is -2.24. The zero-order valence-corrected chi connectivity index (χ0v) is 13.2. The lowest BCUT2D eigenvalue weighted by molar-refractivity contribution is 0.133. The molecule has 0 unspecified atom stereocenters. The number of fused-ring (bicyclic) bond motifs is 1. The quantitative estimate of drug-likeness (QED) is 0.909. The molecule has 3 rings (SSSR count). The summed E-state index contributed by atoms with van der Waals surface area (Å²) in [5.41, 5.74) is 1.06. The van der Waals surface area contributed by atoms with Gasteiger partial charge in [0.25, 0.3) is 0 Å². The molecular formula is C16H22N2OS. The molecule has 4 heteroatoms. The lowest BCUT2D eigenvalue weighted by Crippen LogP contribution is -2.27. The predicted molar refractivity (Wildman–Crippen MR) is 84.8 cm³/mol. The molecule has 3 nitrogen and oxygen atoms in total. The van der Waals surface area contributed by atoms with E-state index in [0.717, 1.165) is 18.8 Å². The Bertz CT molecular complexity index is 594. The molecule has 0 atom stereocenters. The van der Waals surface area contributed by atoms with Gasteiger partial charge in [-0.3, -0.25) is 0 Å². The molecule has 108 valence electrons. The van der Waals surface area contributed by atoms with Gasteiger partial charge in [-0.1, -0.05) is 6.07 Å². The van der Waals surface area contributed by atoms with Gasteiger partial charge in [0, 0.05) is 5.92 Å². The van der Waals surface area contributed by atoms with Crippen LogP contribution in [0, 0.1) is 0 Å². The van der Waals surface area contributed by atoms with Gasteiger partial charge in [0.1, 0.15) is 11.4 Å². The molecule has 0 spiro atoms. The number of ether oxygens (including phenoxy) is 1. The highest BCUT2D eigenvalue weighted by atomic mass is 32.1. The van der Waals surface area contributed by atoms with E-state index in [9.17, 15) is 0 Å². The van der Waals surface area contributed by atoms with Crippen molar-refractivity contribution < 1.29 is 4.74 Å². The third-order valence-electron chi connectivity index (χ3n) is 3.63. The Labute approximate surface area is 124 Å². The van der Waals surface area contributed by atoms with Crippen LogP contribution in [0.5, 0.6) is 5.75 Å². The Morgan fingerprint density at radius 3 is 2.70 bits per heavy atom. The minimum absolute atomic E-state index is 0.179. The fourth-order valence-corrected chi connectivity index (χ4v) is 3.65. The van der Waals surface area contributed by atoms with Crippen LogP contribution in [-0.4, -0.2) is 23.1 Å². The van der Waals surface area contributed by atoms with Crippen LogP contribution in [0.4, 0.5) is 0 Å². The fraction of sp³-hybridized carbons (Fsp3) is 0.562. The molecule has 1 fully saturated rings. The van der Waals surface area contributed by atoms with E-state index < -0.39 is 0 Å². The van der Waals surface area contributed by atoms with Crippen molar-refractivity contribution in [1.29, 1.82) is 0 Å². The third kappa shape index (κ3) is 2.81. The van der Waals surface area contributed by atoms with Crippen LogP contribution in [0.15, 0.2) is 18.2 Å². The maximum Gasteiger partial charge on any atom is 0.130 e. The Kier molecular flexibility index (Phi) is 3.69. The number of hydrogen-bond donors (Lipinski definition) is 1. The second kappa shape index (κ2) is 5.34. The van der Waals surface area contributed by atoms with Crippen LogP contribution in [0.3, 0.4) is 0 Å². The third-order valence-corrected chi connectivity index (χ3v) is 4.45. The molecule has 2 aromatic rings. The lowest BCUT2D eigenvalue weighted by atomic mass is 9.92. The summed E-state index contributed by atoms with van der Waals surface area (Å²) in [5, 5.41) is 4.66. The van der Waals surface area contributed by atoms with Crippen molar-refractivity contribution in [3.8, 4) is 5.75 Å². The first-order valence-electron chi connectivity index (χ1n) is 7.32. The molecule has 0 amide bonds. The van der Waals surface area contributed by atoms with Crippen LogP contribution in [0.25, 0.3) is 10.1 Å². The number of hydrogen-bond acceptors (Lipinski definition) is 4. The van der Waals surface area contributed by atoms with Gasteiger partial charge in [0.05, 0.1) is 15.8 Å². The summed E-state index contributed by atoms with van der Waals surface area (Å²) in [6, 6.07) is 6.29. The first-order valence-corrected chi connectivity index (χ1v) is 8.10. The smallest absolute Gasteiger partial charge is 0.130 e. The summed E-state index contributed by atoms with van der Waals surface area (Å²) in [6.07, 6.45) is 2.34. The molecule has 0 bridgehead atoms. The number of rotatable bonds is 2. The van der Waals surface area contributed by atoms with Gasteiger partial charge in [-0.15, -0.1) is 0 Å². The zero-order valence-electron chi connectivity index (χ0n) is 12.4. The van der Waals surface area contributed by atoms with Crippen molar-refractivity contribution in [2.24, 2.45) is 0 Å². The van der Waals surface area contributed by atoms with Crippen LogP contribution >= 0.6 is 11.5 Å². The topological polar surface area (TPSA) is 34.1 Å². The van der Waals surface area contributed by atoms with E-state index in [1.165, 1.54) is 28.6 Å². The van der Waals surface area contributed by atoms with E-state index in [1.807, 2.05) is 0 Å². The van der Waals surface area contributed by atoms with E-state index in [0.29, 0.717) is 5.92 Å². The average Bonchev–Trinajstić information content (AvgIpc) is 2.83. The van der Waals surface area contributed by atoms with E-state index in [4.69, 9.17) is 9.11 Å².